The zero-order valence-electron chi connectivity index (χ0n) is 13.7. The molecule has 2 saturated heterocycles. The lowest BCUT2D eigenvalue weighted by Crippen LogP contribution is -2.34. The maximum atomic E-state index is 11.1. The predicted molar refractivity (Wildman–Crippen MR) is 87.5 cm³/mol. The van der Waals surface area contributed by atoms with E-state index in [-0.39, 0.29) is 25.2 Å². The van der Waals surface area contributed by atoms with Gasteiger partial charge in [0.05, 0.1) is 20.3 Å². The van der Waals surface area contributed by atoms with Crippen molar-refractivity contribution in [3.05, 3.63) is 23.8 Å². The zero-order valence-corrected chi connectivity index (χ0v) is 14.5. The third-order valence-electron chi connectivity index (χ3n) is 4.25. The van der Waals surface area contributed by atoms with E-state index in [0.29, 0.717) is 6.42 Å². The van der Waals surface area contributed by atoms with Crippen LogP contribution in [0.4, 0.5) is 0 Å². The lowest BCUT2D eigenvalue weighted by Gasteiger charge is -2.25. The monoisotopic (exact) mass is 357 g/mol. The Morgan fingerprint density at radius 1 is 1.21 bits per heavy atom. The van der Waals surface area contributed by atoms with Gasteiger partial charge in [-0.15, -0.1) is 0 Å². The number of benzene rings is 1. The van der Waals surface area contributed by atoms with E-state index in [1.165, 1.54) is 0 Å². The Morgan fingerprint density at radius 3 is 2.58 bits per heavy atom. The second-order valence-corrected chi connectivity index (χ2v) is 7.38. The molecule has 1 aromatic rings. The van der Waals surface area contributed by atoms with Crippen molar-refractivity contribution in [1.29, 1.82) is 0 Å². The van der Waals surface area contributed by atoms with Crippen molar-refractivity contribution in [2.24, 2.45) is 5.92 Å². The lowest BCUT2D eigenvalue weighted by atomic mass is 10.00. The number of hydrogen-bond donors (Lipinski definition) is 1. The van der Waals surface area contributed by atoms with Gasteiger partial charge in [0.15, 0.2) is 0 Å². The van der Waals surface area contributed by atoms with Crippen LogP contribution in [0.2, 0.25) is 0 Å². The van der Waals surface area contributed by atoms with E-state index in [9.17, 15) is 8.42 Å². The van der Waals surface area contributed by atoms with Gasteiger partial charge in [0.25, 0.3) is 0 Å². The molecule has 7 nitrogen and oxygen atoms in total. The first kappa shape index (κ1) is 17.5. The summed E-state index contributed by atoms with van der Waals surface area (Å²) in [6.07, 6.45) is 2.84. The Morgan fingerprint density at radius 2 is 1.92 bits per heavy atom. The summed E-state index contributed by atoms with van der Waals surface area (Å²) in [6.45, 7) is 2.20. The predicted octanol–water partition coefficient (Wildman–Crippen LogP) is 1.28. The van der Waals surface area contributed by atoms with Gasteiger partial charge < -0.3 is 14.8 Å². The summed E-state index contributed by atoms with van der Waals surface area (Å²) in [6, 6.07) is 5.78. The minimum absolute atomic E-state index is 0.0291. The Bertz CT molecular complexity index is 643. The van der Waals surface area contributed by atoms with E-state index in [1.807, 2.05) is 18.2 Å². The highest BCUT2D eigenvalue weighted by Gasteiger charge is 2.26. The fourth-order valence-corrected chi connectivity index (χ4v) is 3.73. The molecule has 2 aliphatic rings. The molecule has 3 rings (SSSR count). The van der Waals surface area contributed by atoms with Crippen molar-refractivity contribution in [2.45, 2.75) is 25.4 Å². The highest BCUT2D eigenvalue weighted by atomic mass is 32.3. The Hall–Kier alpha value is -1.35. The molecule has 0 spiro atoms. The second kappa shape index (κ2) is 7.69. The molecule has 2 aliphatic heterocycles. The van der Waals surface area contributed by atoms with Crippen LogP contribution in [0.15, 0.2) is 18.2 Å². The number of hydrogen-bond acceptors (Lipinski definition) is 7. The molecular formula is C16H23NO6S. The Labute approximate surface area is 142 Å². The van der Waals surface area contributed by atoms with Crippen molar-refractivity contribution in [2.75, 3.05) is 33.4 Å². The average molecular weight is 357 g/mol. The molecule has 0 amide bonds. The molecule has 0 radical (unpaired) electrons. The summed E-state index contributed by atoms with van der Waals surface area (Å²) in [5, 5.41) is 3.31. The van der Waals surface area contributed by atoms with Gasteiger partial charge in [-0.2, -0.15) is 8.42 Å². The summed E-state index contributed by atoms with van der Waals surface area (Å²) in [5.41, 5.74) is 0.978. The quantitative estimate of drug-likeness (QED) is 0.850. The van der Waals surface area contributed by atoms with Gasteiger partial charge in [-0.25, -0.2) is 8.37 Å². The number of methoxy groups -OCH3 is 1. The van der Waals surface area contributed by atoms with E-state index < -0.39 is 10.4 Å². The van der Waals surface area contributed by atoms with E-state index in [1.54, 1.807) is 7.11 Å². The summed E-state index contributed by atoms with van der Waals surface area (Å²) in [4.78, 5) is 0. The van der Waals surface area contributed by atoms with Crippen LogP contribution in [-0.4, -0.2) is 47.9 Å². The first-order valence-electron chi connectivity index (χ1n) is 8.14. The molecule has 0 aliphatic carbocycles. The highest BCUT2D eigenvalue weighted by Crippen LogP contribution is 2.29. The van der Waals surface area contributed by atoms with E-state index in [2.05, 4.69) is 5.32 Å². The van der Waals surface area contributed by atoms with Gasteiger partial charge in [-0.05, 0) is 44.0 Å². The molecule has 0 aromatic heterocycles. The van der Waals surface area contributed by atoms with E-state index >= 15 is 0 Å². The lowest BCUT2D eigenvalue weighted by molar-refractivity contribution is 0.102. The van der Waals surface area contributed by atoms with Crippen LogP contribution >= 0.6 is 0 Å². The van der Waals surface area contributed by atoms with Crippen LogP contribution in [0.3, 0.4) is 0 Å². The van der Waals surface area contributed by atoms with Crippen molar-refractivity contribution in [3.63, 3.8) is 0 Å². The maximum absolute atomic E-state index is 11.1. The smallest absolute Gasteiger partial charge is 0.399 e. The van der Waals surface area contributed by atoms with E-state index in [4.69, 9.17) is 17.8 Å². The van der Waals surface area contributed by atoms with Gasteiger partial charge in [-0.1, -0.05) is 6.07 Å². The number of nitrogens with one attached hydrogen (secondary N) is 1. The van der Waals surface area contributed by atoms with Crippen LogP contribution in [-0.2, 0) is 25.2 Å². The number of ether oxygens (including phenoxy) is 2. The highest BCUT2D eigenvalue weighted by molar-refractivity contribution is 7.81. The first-order chi connectivity index (χ1) is 11.6. The summed E-state index contributed by atoms with van der Waals surface area (Å²) in [5.74, 6) is 1.50. The third-order valence-corrected chi connectivity index (χ3v) is 5.10. The van der Waals surface area contributed by atoms with Gasteiger partial charge in [0, 0.05) is 12.0 Å². The van der Waals surface area contributed by atoms with Gasteiger partial charge >= 0.3 is 10.4 Å². The topological polar surface area (TPSA) is 83.1 Å². The van der Waals surface area contributed by atoms with Crippen LogP contribution in [0.5, 0.6) is 11.5 Å². The van der Waals surface area contributed by atoms with Crippen molar-refractivity contribution in [1.82, 2.24) is 5.32 Å². The minimum Gasteiger partial charge on any atom is -0.496 e. The molecule has 2 heterocycles. The van der Waals surface area contributed by atoms with Crippen LogP contribution in [0, 0.1) is 5.92 Å². The van der Waals surface area contributed by atoms with Crippen LogP contribution in [0.1, 0.15) is 18.4 Å². The molecule has 1 aromatic carbocycles. The molecule has 134 valence electrons. The normalized spacial score (nSPS) is 22.2. The average Bonchev–Trinajstić information content (AvgIpc) is 2.59. The van der Waals surface area contributed by atoms with Crippen molar-refractivity contribution >= 4 is 10.4 Å². The van der Waals surface area contributed by atoms with Gasteiger partial charge in [0.1, 0.15) is 17.6 Å². The molecule has 0 saturated carbocycles. The molecule has 24 heavy (non-hydrogen) atoms. The van der Waals surface area contributed by atoms with E-state index in [0.717, 1.165) is 43.0 Å². The molecule has 1 N–H and O–H groups in total. The van der Waals surface area contributed by atoms with Crippen molar-refractivity contribution in [3.8, 4) is 11.5 Å². The molecular weight excluding hydrogens is 334 g/mol. The summed E-state index contributed by atoms with van der Waals surface area (Å²) < 4.78 is 43.2. The van der Waals surface area contributed by atoms with Gasteiger partial charge in [-0.3, -0.25) is 0 Å². The Kier molecular flexibility index (Phi) is 5.60. The number of rotatable bonds is 5. The zero-order chi connectivity index (χ0) is 17.0. The SMILES string of the molecule is COc1cc(OC2CCNCC2)ccc1CC1COS(=O)(=O)OC1. The summed E-state index contributed by atoms with van der Waals surface area (Å²) in [7, 11) is -2.19. The fourth-order valence-electron chi connectivity index (χ4n) is 2.94. The van der Waals surface area contributed by atoms with Gasteiger partial charge in [0.2, 0.25) is 0 Å². The fraction of sp³-hybridized carbons (Fsp3) is 0.625. The summed E-state index contributed by atoms with van der Waals surface area (Å²) >= 11 is 0. The third kappa shape index (κ3) is 4.60. The molecule has 0 atom stereocenters. The number of piperidine rings is 1. The second-order valence-electron chi connectivity index (χ2n) is 6.09. The van der Waals surface area contributed by atoms with Crippen LogP contribution < -0.4 is 14.8 Å². The Balaban J connectivity index is 1.63. The first-order valence-corrected chi connectivity index (χ1v) is 9.47. The molecule has 2 fully saturated rings. The molecule has 0 unspecified atom stereocenters. The van der Waals surface area contributed by atoms with Crippen molar-refractivity contribution < 1.29 is 26.3 Å². The standard InChI is InChI=1S/C16H23NO6S/c1-20-16-9-15(23-14-4-6-17-7-5-14)3-2-13(16)8-12-10-21-24(18,19)22-11-12/h2-3,9,12,14,17H,4-8,10-11H2,1H3. The molecule has 0 bridgehead atoms. The molecule has 8 heteroatoms. The largest absolute Gasteiger partial charge is 0.496 e. The van der Waals surface area contributed by atoms with Crippen LogP contribution in [0.25, 0.3) is 0 Å². The maximum Gasteiger partial charge on any atom is 0.399 e. The minimum atomic E-state index is -3.80.